The first-order valence-corrected chi connectivity index (χ1v) is 17.9. The summed E-state index contributed by atoms with van der Waals surface area (Å²) in [5.41, 5.74) is 21.7. The van der Waals surface area contributed by atoms with Crippen LogP contribution in [-0.4, -0.2) is 0 Å². The predicted octanol–water partition coefficient (Wildman–Crippen LogP) is 12.5. The molecular weight excluding hydrogens is 589 g/mol. The SMILES string of the molecule is Cc1ccc(-c2ccc3c(c2)C2(c4ccccc4-c4ccccc42)c2ccccc2-3)cc1-c1c(Cc2ccccc2)cccc1C1CCC1. The minimum Gasteiger partial charge on any atom is -0.0622 e. The van der Waals surface area contributed by atoms with Crippen molar-refractivity contribution in [3.05, 3.63) is 202 Å². The van der Waals surface area contributed by atoms with Gasteiger partial charge in [0, 0.05) is 0 Å². The van der Waals surface area contributed by atoms with Crippen molar-refractivity contribution in [3.8, 4) is 44.5 Å². The zero-order chi connectivity index (χ0) is 32.5. The maximum Gasteiger partial charge on any atom is 0.0725 e. The summed E-state index contributed by atoms with van der Waals surface area (Å²) >= 11 is 0. The third-order valence-corrected chi connectivity index (χ3v) is 11.8. The lowest BCUT2D eigenvalue weighted by Crippen LogP contribution is -2.25. The standard InChI is InChI=1S/C49H38/c1-32-25-26-35(30-43(32)48-37(29-33-13-3-2-4-14-33)17-12-21-38(48)34-15-11-16-34)36-27-28-42-41-20-7-10-24-46(41)49(47(42)31-36)44-22-8-5-18-39(44)40-19-6-9-23-45(40)49/h2-10,12-14,17-28,30-31,34H,11,15-16,29H2,1H3. The second-order valence-corrected chi connectivity index (χ2v) is 14.3. The van der Waals surface area contributed by atoms with Gasteiger partial charge in [0.2, 0.25) is 0 Å². The molecule has 1 saturated carbocycles. The molecule has 0 nitrogen and oxygen atoms in total. The van der Waals surface area contributed by atoms with Gasteiger partial charge in [0.25, 0.3) is 0 Å². The topological polar surface area (TPSA) is 0 Å². The quantitative estimate of drug-likeness (QED) is 0.178. The Morgan fingerprint density at radius 1 is 0.490 bits per heavy atom. The highest BCUT2D eigenvalue weighted by atomic mass is 14.5. The summed E-state index contributed by atoms with van der Waals surface area (Å²) in [7, 11) is 0. The summed E-state index contributed by atoms with van der Waals surface area (Å²) in [5.74, 6) is 0.648. The van der Waals surface area contributed by atoms with Crippen LogP contribution in [0, 0.1) is 6.92 Å². The Balaban J connectivity index is 1.17. The van der Waals surface area contributed by atoms with Crippen molar-refractivity contribution in [2.24, 2.45) is 0 Å². The molecule has 0 amide bonds. The van der Waals surface area contributed by atoms with Gasteiger partial charge in [0.15, 0.2) is 0 Å². The average Bonchev–Trinajstić information content (AvgIpc) is 3.59. The number of hydrogen-bond acceptors (Lipinski definition) is 0. The number of fused-ring (bicyclic) bond motifs is 10. The molecule has 234 valence electrons. The van der Waals surface area contributed by atoms with Crippen molar-refractivity contribution in [1.29, 1.82) is 0 Å². The molecule has 1 fully saturated rings. The zero-order valence-corrected chi connectivity index (χ0v) is 27.9. The van der Waals surface area contributed by atoms with E-state index >= 15 is 0 Å². The Hall–Kier alpha value is -5.46. The van der Waals surface area contributed by atoms with Crippen LogP contribution in [0.2, 0.25) is 0 Å². The van der Waals surface area contributed by atoms with E-state index in [1.165, 1.54) is 108 Å². The van der Waals surface area contributed by atoms with E-state index in [2.05, 4.69) is 165 Å². The Morgan fingerprint density at radius 3 is 1.69 bits per heavy atom. The summed E-state index contributed by atoms with van der Waals surface area (Å²) in [6.07, 6.45) is 4.85. The zero-order valence-electron chi connectivity index (χ0n) is 27.9. The van der Waals surface area contributed by atoms with Crippen LogP contribution in [0.1, 0.15) is 69.7 Å². The lowest BCUT2D eigenvalue weighted by molar-refractivity contribution is 0.420. The fraction of sp³-hybridized carbons (Fsp3) is 0.143. The van der Waals surface area contributed by atoms with E-state index in [0.717, 1.165) is 6.42 Å². The summed E-state index contributed by atoms with van der Waals surface area (Å²) in [6.45, 7) is 2.30. The van der Waals surface area contributed by atoms with Gasteiger partial charge in [-0.1, -0.05) is 152 Å². The fourth-order valence-electron chi connectivity index (χ4n) is 9.32. The Morgan fingerprint density at radius 2 is 1.06 bits per heavy atom. The van der Waals surface area contributed by atoms with Gasteiger partial charge in [-0.2, -0.15) is 0 Å². The van der Waals surface area contributed by atoms with Crippen LogP contribution in [0.3, 0.4) is 0 Å². The molecule has 7 aromatic rings. The summed E-state index contributed by atoms with van der Waals surface area (Å²) in [4.78, 5) is 0. The molecule has 1 spiro atoms. The lowest BCUT2D eigenvalue weighted by atomic mass is 9.70. The first-order valence-electron chi connectivity index (χ1n) is 17.9. The summed E-state index contributed by atoms with van der Waals surface area (Å²) < 4.78 is 0. The minimum atomic E-state index is -0.331. The van der Waals surface area contributed by atoms with Crippen molar-refractivity contribution in [1.82, 2.24) is 0 Å². The van der Waals surface area contributed by atoms with Crippen molar-refractivity contribution < 1.29 is 0 Å². The number of rotatable bonds is 5. The van der Waals surface area contributed by atoms with E-state index in [-0.39, 0.29) is 5.41 Å². The molecule has 49 heavy (non-hydrogen) atoms. The molecule has 0 heteroatoms. The average molecular weight is 627 g/mol. The molecular formula is C49H38. The Kier molecular flexibility index (Phi) is 6.43. The maximum absolute atomic E-state index is 2.52. The summed E-state index contributed by atoms with van der Waals surface area (Å²) in [5, 5.41) is 0. The van der Waals surface area contributed by atoms with Crippen LogP contribution in [0.25, 0.3) is 44.5 Å². The third kappa shape index (κ3) is 4.17. The van der Waals surface area contributed by atoms with Crippen molar-refractivity contribution in [2.45, 2.75) is 43.9 Å². The highest BCUT2D eigenvalue weighted by Gasteiger charge is 2.51. The second kappa shape index (κ2) is 11.0. The minimum absolute atomic E-state index is 0.331. The van der Waals surface area contributed by atoms with Crippen LogP contribution < -0.4 is 0 Å². The van der Waals surface area contributed by atoms with Gasteiger partial charge >= 0.3 is 0 Å². The fourth-order valence-corrected chi connectivity index (χ4v) is 9.32. The van der Waals surface area contributed by atoms with Crippen LogP contribution in [0.15, 0.2) is 158 Å². The van der Waals surface area contributed by atoms with E-state index in [9.17, 15) is 0 Å². The maximum atomic E-state index is 2.52. The van der Waals surface area contributed by atoms with Crippen molar-refractivity contribution in [2.75, 3.05) is 0 Å². The van der Waals surface area contributed by atoms with Gasteiger partial charge in [0.05, 0.1) is 5.41 Å². The van der Waals surface area contributed by atoms with E-state index in [1.807, 2.05) is 0 Å². The van der Waals surface area contributed by atoms with Gasteiger partial charge in [-0.05, 0) is 133 Å². The molecule has 0 atom stereocenters. The normalized spacial score (nSPS) is 15.0. The molecule has 3 aliphatic carbocycles. The molecule has 0 bridgehead atoms. The van der Waals surface area contributed by atoms with Crippen molar-refractivity contribution >= 4 is 0 Å². The Labute approximate surface area is 289 Å². The number of benzene rings is 7. The molecule has 0 aliphatic heterocycles. The van der Waals surface area contributed by atoms with Crippen LogP contribution in [0.5, 0.6) is 0 Å². The first kappa shape index (κ1) is 28.5. The van der Waals surface area contributed by atoms with Gasteiger partial charge in [-0.15, -0.1) is 0 Å². The molecule has 7 aromatic carbocycles. The molecule has 0 N–H and O–H groups in total. The van der Waals surface area contributed by atoms with E-state index in [0.29, 0.717) is 5.92 Å². The molecule has 10 rings (SSSR count). The Bertz CT molecular complexity index is 2340. The smallest absolute Gasteiger partial charge is 0.0622 e. The summed E-state index contributed by atoms with van der Waals surface area (Å²) in [6, 6.07) is 59.8. The molecule has 0 saturated heterocycles. The molecule has 0 unspecified atom stereocenters. The van der Waals surface area contributed by atoms with Gasteiger partial charge in [0.1, 0.15) is 0 Å². The number of hydrogen-bond donors (Lipinski definition) is 0. The van der Waals surface area contributed by atoms with Crippen LogP contribution in [0.4, 0.5) is 0 Å². The third-order valence-electron chi connectivity index (χ3n) is 11.8. The molecule has 0 aromatic heterocycles. The molecule has 3 aliphatic rings. The molecule has 0 heterocycles. The van der Waals surface area contributed by atoms with E-state index < -0.39 is 0 Å². The monoisotopic (exact) mass is 626 g/mol. The highest BCUT2D eigenvalue weighted by molar-refractivity contribution is 5.96. The predicted molar refractivity (Wildman–Crippen MR) is 204 cm³/mol. The first-order chi connectivity index (χ1) is 24.2. The van der Waals surface area contributed by atoms with Crippen molar-refractivity contribution in [3.63, 3.8) is 0 Å². The largest absolute Gasteiger partial charge is 0.0725 e. The van der Waals surface area contributed by atoms with Crippen LogP contribution >= 0.6 is 0 Å². The lowest BCUT2D eigenvalue weighted by Gasteiger charge is -2.31. The van der Waals surface area contributed by atoms with Gasteiger partial charge in [-0.25, -0.2) is 0 Å². The van der Waals surface area contributed by atoms with Gasteiger partial charge in [-0.3, -0.25) is 0 Å². The van der Waals surface area contributed by atoms with E-state index in [4.69, 9.17) is 0 Å². The van der Waals surface area contributed by atoms with Gasteiger partial charge < -0.3 is 0 Å². The number of aryl methyl sites for hydroxylation is 1. The molecule has 0 radical (unpaired) electrons. The highest BCUT2D eigenvalue weighted by Crippen LogP contribution is 2.63. The van der Waals surface area contributed by atoms with Crippen LogP contribution in [-0.2, 0) is 11.8 Å². The van der Waals surface area contributed by atoms with E-state index in [1.54, 1.807) is 0 Å². The second-order valence-electron chi connectivity index (χ2n) is 14.3.